The van der Waals surface area contributed by atoms with E-state index in [4.69, 9.17) is 0 Å². The predicted octanol–water partition coefficient (Wildman–Crippen LogP) is 1.77. The summed E-state index contributed by atoms with van der Waals surface area (Å²) in [7, 11) is 1.75. The molecule has 0 atom stereocenters. The van der Waals surface area contributed by atoms with Crippen LogP contribution in [0.15, 0.2) is 0 Å². The Morgan fingerprint density at radius 3 is 1.25 bits per heavy atom. The number of hydrogen-bond donors (Lipinski definition) is 0. The van der Waals surface area contributed by atoms with Gasteiger partial charge in [0.1, 0.15) is 0 Å². The van der Waals surface area contributed by atoms with E-state index in [1.54, 1.807) is 8.46 Å². The third kappa shape index (κ3) is 8.87. The maximum absolute atomic E-state index is 2.18. The van der Waals surface area contributed by atoms with E-state index in [0.717, 1.165) is 0 Å². The standard InChI is InChI=1S/Cu.Hg.2HI/h;;2*1H/q+2;;;/p-2. The number of rotatable bonds is 0. The molecule has 0 unspecified atom stereocenters. The summed E-state index contributed by atoms with van der Waals surface area (Å²) in [5.41, 5.74) is 0. The monoisotopic (exact) mass is 519 g/mol. The molecular weight excluding hydrogens is 518 g/mol. The van der Waals surface area contributed by atoms with Gasteiger partial charge in [-0.3, -0.25) is 0 Å². The minimum atomic E-state index is 0. The third-order valence-corrected chi connectivity index (χ3v) is 0. The molecule has 0 aromatic carbocycles. The molecule has 0 aromatic rings. The molecule has 0 bridgehead atoms. The molecule has 0 heterocycles. The molecule has 0 aliphatic carbocycles. The molecular formula is CuHgI2. The van der Waals surface area contributed by atoms with Crippen molar-refractivity contribution in [3.63, 3.8) is 0 Å². The molecule has 0 rings (SSSR count). The topological polar surface area (TPSA) is 0 Å². The Bertz CT molecular complexity index is 6.00. The maximum atomic E-state index is 2.18. The quantitative estimate of drug-likeness (QED) is 0.339. The first-order chi connectivity index (χ1) is 1.41. The van der Waals surface area contributed by atoms with Crippen LogP contribution in [0.25, 0.3) is 0 Å². The van der Waals surface area contributed by atoms with Crippen molar-refractivity contribution >= 4 is 40.7 Å². The van der Waals surface area contributed by atoms with Crippen LogP contribution in [0, 0.1) is 0 Å². The summed E-state index contributed by atoms with van der Waals surface area (Å²) in [6, 6.07) is 0. The first-order valence-corrected chi connectivity index (χ1v) is 6.30. The molecule has 0 aliphatic heterocycles. The summed E-state index contributed by atoms with van der Waals surface area (Å²) in [4.78, 5) is 0. The number of hydrogen-bond acceptors (Lipinski definition) is 0. The van der Waals surface area contributed by atoms with E-state index < -0.39 is 0 Å². The molecule has 4 heteroatoms. The summed E-state index contributed by atoms with van der Waals surface area (Å²) in [6.45, 7) is 0. The van der Waals surface area contributed by atoms with E-state index in [9.17, 15) is 0 Å². The van der Waals surface area contributed by atoms with Crippen LogP contribution < -0.4 is 0 Å². The molecule has 0 saturated heterocycles. The average Bonchev–Trinajstić information content (AvgIpc) is 0.918. The second-order valence-electron chi connectivity index (χ2n) is 0.0431. The Morgan fingerprint density at radius 1 is 1.25 bits per heavy atom. The Balaban J connectivity index is 0. The van der Waals surface area contributed by atoms with Crippen molar-refractivity contribution in [2.75, 3.05) is 0 Å². The van der Waals surface area contributed by atoms with E-state index in [0.29, 0.717) is 0 Å². The fourth-order valence-electron chi connectivity index (χ4n) is 0. The molecule has 0 spiro atoms. The van der Waals surface area contributed by atoms with Gasteiger partial charge in [-0.15, -0.1) is 0 Å². The van der Waals surface area contributed by atoms with Crippen molar-refractivity contribution in [1.82, 2.24) is 0 Å². The second kappa shape index (κ2) is 9.32. The van der Waals surface area contributed by atoms with Gasteiger partial charge in [0.05, 0.1) is 0 Å². The summed E-state index contributed by atoms with van der Waals surface area (Å²) >= 11 is 4.36. The second-order valence-corrected chi connectivity index (χ2v) is 7.99. The van der Waals surface area contributed by atoms with Crippen LogP contribution in [-0.4, -0.2) is 0 Å². The van der Waals surface area contributed by atoms with Crippen molar-refractivity contribution in [2.45, 2.75) is 0 Å². The van der Waals surface area contributed by atoms with E-state index in [1.807, 2.05) is 0 Å². The molecule has 0 fully saturated rings. The fourth-order valence-corrected chi connectivity index (χ4v) is 0. The Kier molecular flexibility index (Phi) is 23.3. The van der Waals surface area contributed by atoms with Crippen molar-refractivity contribution in [2.24, 2.45) is 0 Å². The van der Waals surface area contributed by atoms with Gasteiger partial charge < -0.3 is 0 Å². The first-order valence-electron chi connectivity index (χ1n) is 0.228. The molecule has 0 amide bonds. The van der Waals surface area contributed by atoms with Gasteiger partial charge in [-0.05, 0) is 0 Å². The van der Waals surface area contributed by atoms with Crippen molar-refractivity contribution in [3.05, 3.63) is 0 Å². The molecule has 0 N–H and O–H groups in total. The number of halogens is 2. The van der Waals surface area contributed by atoms with Gasteiger partial charge >= 0.3 is 49.1 Å². The van der Waals surface area contributed by atoms with E-state index in [-0.39, 0.29) is 27.7 Å². The normalized spacial score (nSPS) is 5.50. The summed E-state index contributed by atoms with van der Waals surface area (Å²) in [5.74, 6) is 0. The summed E-state index contributed by atoms with van der Waals surface area (Å²) in [6.07, 6.45) is 0. The first kappa shape index (κ1) is 10.0. The van der Waals surface area contributed by atoms with E-state index in [1.165, 1.54) is 0 Å². The Labute approximate surface area is 75.0 Å². The zero-order valence-corrected chi connectivity index (χ0v) is 12.5. The summed E-state index contributed by atoms with van der Waals surface area (Å²) in [5, 5.41) is 0. The Hall–Kier alpha value is 2.91. The van der Waals surface area contributed by atoms with Crippen molar-refractivity contribution in [3.8, 4) is 0 Å². The zero-order chi connectivity index (χ0) is 2.71. The van der Waals surface area contributed by atoms with Crippen molar-refractivity contribution in [1.29, 1.82) is 0 Å². The van der Waals surface area contributed by atoms with Crippen LogP contribution >= 0.6 is 40.7 Å². The van der Waals surface area contributed by atoms with Crippen LogP contribution in [-0.2, 0) is 36.1 Å². The molecule has 0 aromatic heterocycles. The molecule has 0 saturated carbocycles. The van der Waals surface area contributed by atoms with Gasteiger partial charge in [0.15, 0.2) is 0 Å². The van der Waals surface area contributed by atoms with E-state index >= 15 is 0 Å². The zero-order valence-electron chi connectivity index (χ0n) is 1.76. The molecule has 4 heavy (non-hydrogen) atoms. The van der Waals surface area contributed by atoms with Gasteiger partial charge in [-0.25, -0.2) is 0 Å². The van der Waals surface area contributed by atoms with Gasteiger partial charge in [-0.1, -0.05) is 0 Å². The van der Waals surface area contributed by atoms with Gasteiger partial charge in [0, 0.05) is 27.7 Å². The molecule has 0 aliphatic rings. The van der Waals surface area contributed by atoms with Crippen LogP contribution in [0.4, 0.5) is 0 Å². The van der Waals surface area contributed by atoms with Crippen LogP contribution in [0.3, 0.4) is 0 Å². The molecule has 27 valence electrons. The van der Waals surface area contributed by atoms with Gasteiger partial charge in [0.2, 0.25) is 0 Å². The van der Waals surface area contributed by atoms with Gasteiger partial charge in [-0.2, -0.15) is 0 Å². The SMILES string of the molecule is [Hg].[I][Cu][I]. The molecule has 0 nitrogen and oxygen atoms in total. The third-order valence-electron chi connectivity index (χ3n) is 0. The minimum absolute atomic E-state index is 0. The fraction of sp³-hybridized carbons (Fsp3) is 0. The van der Waals surface area contributed by atoms with E-state index in [2.05, 4.69) is 40.7 Å². The Morgan fingerprint density at radius 2 is 1.25 bits per heavy atom. The van der Waals surface area contributed by atoms with Crippen LogP contribution in [0.5, 0.6) is 0 Å². The molecule has 0 radical (unpaired) electrons. The van der Waals surface area contributed by atoms with Crippen LogP contribution in [0.2, 0.25) is 0 Å². The predicted molar refractivity (Wildman–Crippen MR) is 28.0 cm³/mol. The van der Waals surface area contributed by atoms with Crippen molar-refractivity contribution < 1.29 is 36.1 Å². The van der Waals surface area contributed by atoms with Crippen LogP contribution in [0.1, 0.15) is 0 Å². The summed E-state index contributed by atoms with van der Waals surface area (Å²) < 4.78 is 0. The average molecular weight is 518 g/mol. The van der Waals surface area contributed by atoms with Gasteiger partial charge in [0.25, 0.3) is 0 Å².